The van der Waals surface area contributed by atoms with Gasteiger partial charge in [0.15, 0.2) is 0 Å². The summed E-state index contributed by atoms with van der Waals surface area (Å²) in [5.74, 6) is 0.860. The number of hydrogen-bond acceptors (Lipinski definition) is 1. The zero-order valence-electron chi connectivity index (χ0n) is 38.9. The van der Waals surface area contributed by atoms with Gasteiger partial charge in [-0.05, 0) is 99.6 Å². The molecule has 0 unspecified atom stereocenters. The van der Waals surface area contributed by atoms with Gasteiger partial charge in [-0.2, -0.15) is 0 Å². The van der Waals surface area contributed by atoms with Crippen LogP contribution in [0.1, 0.15) is 0 Å². The highest BCUT2D eigenvalue weighted by atomic mass is 15.2. The van der Waals surface area contributed by atoms with Crippen molar-refractivity contribution in [2.75, 3.05) is 0 Å². The van der Waals surface area contributed by atoms with E-state index in [-0.39, 0.29) is 0 Å². The summed E-state index contributed by atoms with van der Waals surface area (Å²) in [7, 11) is 0. The fourth-order valence-electron chi connectivity index (χ4n) is 12.4. The normalized spacial score (nSPS) is 12.2. The smallest absolute Gasteiger partial charge is 0.220 e. The molecular weight excluding hydrogens is 875 g/mol. The standard InChI is InChI=1S/C67H41N5/c1-2-20-44-43(19-1)45-21-3-4-23-47(45)54-38-39-55(66(65(54)53-29-6-5-22-46(44)53)70-59-32-14-9-26-50(59)51-27-10-15-33-60(51)70)52-28-11-16-34-61(52)71-62-35-17-18-36-63(62)72-64-41-42(37-40-56(64)68-67(71)72)69-57-30-12-7-24-48(57)49-25-8-13-31-58(49)69/h1-41H. The fraction of sp³-hybridized carbons (Fsp3) is 0. The van der Waals surface area contributed by atoms with Gasteiger partial charge in [-0.15, -0.1) is 0 Å². The summed E-state index contributed by atoms with van der Waals surface area (Å²) in [6.07, 6.45) is 0. The minimum Gasteiger partial charge on any atom is -0.309 e. The van der Waals surface area contributed by atoms with Gasteiger partial charge in [0.05, 0.1) is 55.5 Å². The van der Waals surface area contributed by atoms with Crippen LogP contribution in [-0.4, -0.2) is 23.1 Å². The molecular formula is C67H41N5. The molecule has 0 atom stereocenters. The molecule has 0 N–H and O–H groups in total. The van der Waals surface area contributed by atoms with Gasteiger partial charge in [0.25, 0.3) is 0 Å². The monoisotopic (exact) mass is 915 g/mol. The van der Waals surface area contributed by atoms with Gasteiger partial charge < -0.3 is 9.13 Å². The van der Waals surface area contributed by atoms with Gasteiger partial charge in [0.2, 0.25) is 5.78 Å². The molecule has 0 bridgehead atoms. The second kappa shape index (κ2) is 14.9. The Balaban J connectivity index is 1.02. The largest absolute Gasteiger partial charge is 0.309 e. The van der Waals surface area contributed by atoms with Crippen LogP contribution >= 0.6 is 0 Å². The van der Waals surface area contributed by atoms with Gasteiger partial charge in [-0.3, -0.25) is 8.97 Å². The van der Waals surface area contributed by atoms with Crippen LogP contribution in [0, 0.1) is 0 Å². The molecule has 5 nitrogen and oxygen atoms in total. The molecule has 1 aliphatic carbocycles. The maximum atomic E-state index is 5.55. The lowest BCUT2D eigenvalue weighted by atomic mass is 9.79. The van der Waals surface area contributed by atoms with E-state index in [9.17, 15) is 0 Å². The second-order valence-corrected chi connectivity index (χ2v) is 19.0. The number of hydrogen-bond donors (Lipinski definition) is 0. The first kappa shape index (κ1) is 39.2. The Labute approximate surface area is 414 Å². The van der Waals surface area contributed by atoms with E-state index in [4.69, 9.17) is 4.98 Å². The maximum Gasteiger partial charge on any atom is 0.220 e. The van der Waals surface area contributed by atoms with Crippen molar-refractivity contribution in [3.63, 3.8) is 0 Å². The minimum atomic E-state index is 0.860. The van der Waals surface area contributed by atoms with Gasteiger partial charge in [-0.25, -0.2) is 4.98 Å². The molecule has 72 heavy (non-hydrogen) atoms. The SMILES string of the molecule is c1ccc2c(c1)-c1ccccc1-c1ccc(-c3ccccc3-n3c4ccccc4n4c5cc(-n6c7ccccc7c7ccccc76)ccc5nc34)c(-n3c4ccccc4c4ccccc43)c1-c1ccccc1-2. The topological polar surface area (TPSA) is 32.1 Å². The Kier molecular flexibility index (Phi) is 8.10. The Morgan fingerprint density at radius 3 is 1.25 bits per heavy atom. The number of rotatable bonds is 4. The summed E-state index contributed by atoms with van der Waals surface area (Å²) in [6, 6.07) is 91.3. The van der Waals surface area contributed by atoms with Crippen molar-refractivity contribution in [3.8, 4) is 72.7 Å². The molecule has 4 heterocycles. The zero-order valence-corrected chi connectivity index (χ0v) is 38.9. The van der Waals surface area contributed by atoms with Crippen LogP contribution in [0.5, 0.6) is 0 Å². The average Bonchev–Trinajstić information content (AvgIpc) is 4.18. The molecule has 11 aromatic carbocycles. The molecule has 1 aliphatic rings. The van der Waals surface area contributed by atoms with Crippen molar-refractivity contribution in [1.29, 1.82) is 0 Å². The number of aromatic nitrogens is 5. The molecule has 0 radical (unpaired) electrons. The predicted octanol–water partition coefficient (Wildman–Crippen LogP) is 17.3. The van der Waals surface area contributed by atoms with Crippen LogP contribution in [0.2, 0.25) is 0 Å². The Bertz CT molecular complexity index is 4650. The summed E-state index contributed by atoms with van der Waals surface area (Å²) in [5.41, 5.74) is 24.0. The predicted molar refractivity (Wildman–Crippen MR) is 299 cm³/mol. The van der Waals surface area contributed by atoms with Crippen molar-refractivity contribution < 1.29 is 0 Å². The van der Waals surface area contributed by atoms with Crippen molar-refractivity contribution in [2.24, 2.45) is 0 Å². The number of benzene rings is 11. The van der Waals surface area contributed by atoms with E-state index < -0.39 is 0 Å². The first-order chi connectivity index (χ1) is 35.8. The highest BCUT2D eigenvalue weighted by molar-refractivity contribution is 6.14. The fourth-order valence-corrected chi connectivity index (χ4v) is 12.4. The summed E-state index contributed by atoms with van der Waals surface area (Å²) >= 11 is 0. The Morgan fingerprint density at radius 1 is 0.264 bits per heavy atom. The van der Waals surface area contributed by atoms with Crippen molar-refractivity contribution in [3.05, 3.63) is 249 Å². The summed E-state index contributed by atoms with van der Waals surface area (Å²) in [6.45, 7) is 0. The first-order valence-electron chi connectivity index (χ1n) is 24.7. The number of fused-ring (bicyclic) bond motifs is 19. The number of para-hydroxylation sites is 7. The van der Waals surface area contributed by atoms with Crippen molar-refractivity contribution >= 4 is 71.5 Å². The van der Waals surface area contributed by atoms with E-state index >= 15 is 0 Å². The molecule has 5 heteroatoms. The lowest BCUT2D eigenvalue weighted by Crippen LogP contribution is -2.06. The van der Waals surface area contributed by atoms with E-state index in [0.717, 1.165) is 67.1 Å². The van der Waals surface area contributed by atoms with Crippen LogP contribution in [0.4, 0.5) is 0 Å². The van der Waals surface area contributed by atoms with E-state index in [2.05, 4.69) is 267 Å². The Hall–Kier alpha value is -9.71. The van der Waals surface area contributed by atoms with Crippen LogP contribution in [0.25, 0.3) is 144 Å². The molecule has 0 amide bonds. The van der Waals surface area contributed by atoms with Crippen LogP contribution in [0.15, 0.2) is 249 Å². The lowest BCUT2D eigenvalue weighted by Gasteiger charge is -2.28. The molecule has 0 saturated heterocycles. The van der Waals surface area contributed by atoms with Gasteiger partial charge in [0.1, 0.15) is 0 Å². The number of imidazole rings is 2. The van der Waals surface area contributed by atoms with E-state index in [0.29, 0.717) is 0 Å². The number of nitrogens with zero attached hydrogens (tertiary/aromatic N) is 5. The molecule has 0 saturated carbocycles. The third kappa shape index (κ3) is 5.34. The van der Waals surface area contributed by atoms with Crippen LogP contribution < -0.4 is 0 Å². The van der Waals surface area contributed by atoms with Crippen molar-refractivity contribution in [1.82, 2.24) is 23.1 Å². The second-order valence-electron chi connectivity index (χ2n) is 19.0. The van der Waals surface area contributed by atoms with Crippen molar-refractivity contribution in [2.45, 2.75) is 0 Å². The summed E-state index contributed by atoms with van der Waals surface area (Å²) in [4.78, 5) is 5.55. The molecule has 16 rings (SSSR count). The molecule has 4 aromatic heterocycles. The van der Waals surface area contributed by atoms with Crippen LogP contribution in [0.3, 0.4) is 0 Å². The molecule has 15 aromatic rings. The highest BCUT2D eigenvalue weighted by Gasteiger charge is 2.30. The van der Waals surface area contributed by atoms with Gasteiger partial charge >= 0.3 is 0 Å². The van der Waals surface area contributed by atoms with E-state index in [1.165, 1.54) is 77.1 Å². The zero-order chi connectivity index (χ0) is 47.0. The van der Waals surface area contributed by atoms with E-state index in [1.807, 2.05) is 0 Å². The molecule has 0 spiro atoms. The molecule has 0 fully saturated rings. The Morgan fingerprint density at radius 2 is 0.681 bits per heavy atom. The lowest BCUT2D eigenvalue weighted by molar-refractivity contribution is 1.11. The summed E-state index contributed by atoms with van der Waals surface area (Å²) < 4.78 is 9.68. The van der Waals surface area contributed by atoms with Gasteiger partial charge in [0, 0.05) is 43.9 Å². The first-order valence-corrected chi connectivity index (χ1v) is 24.7. The highest BCUT2D eigenvalue weighted by Crippen LogP contribution is 2.53. The summed E-state index contributed by atoms with van der Waals surface area (Å²) in [5, 5.41) is 4.92. The quantitative estimate of drug-likeness (QED) is 0.173. The average molecular weight is 916 g/mol. The minimum absolute atomic E-state index is 0.860. The third-order valence-corrected chi connectivity index (χ3v) is 15.4. The van der Waals surface area contributed by atoms with Crippen LogP contribution in [-0.2, 0) is 0 Å². The van der Waals surface area contributed by atoms with Gasteiger partial charge in [-0.1, -0.05) is 188 Å². The van der Waals surface area contributed by atoms with E-state index in [1.54, 1.807) is 0 Å². The third-order valence-electron chi connectivity index (χ3n) is 15.4. The molecule has 0 aliphatic heterocycles. The molecule has 334 valence electrons. The maximum absolute atomic E-state index is 5.55.